The number of benzene rings is 1. The minimum Gasteiger partial charge on any atom is -0.461 e. The molecule has 0 fully saturated rings. The largest absolute Gasteiger partial charge is 0.461 e. The molecule has 0 saturated heterocycles. The number of aryl methyl sites for hydroxylation is 1. The standard InChI is InChI=1S/C17H16N2O/c1-4-12-15(5-2)20-11(3)16(12)17-13-8-6-7-9-14(13)18-10-19-17/h4-10,17H,1-2H2,3H3,(H,18,19). The van der Waals surface area contributed by atoms with Crippen molar-refractivity contribution >= 4 is 24.2 Å². The van der Waals surface area contributed by atoms with Crippen molar-refractivity contribution < 1.29 is 4.42 Å². The highest BCUT2D eigenvalue weighted by atomic mass is 16.3. The fraction of sp³-hybridized carbons (Fsp3) is 0.118. The average molecular weight is 264 g/mol. The number of furan rings is 1. The molecule has 1 unspecified atom stereocenters. The third-order valence-electron chi connectivity index (χ3n) is 3.56. The lowest BCUT2D eigenvalue weighted by Crippen LogP contribution is -2.12. The molecule has 2 heterocycles. The number of anilines is 1. The molecule has 1 aliphatic rings. The van der Waals surface area contributed by atoms with Crippen LogP contribution in [0.3, 0.4) is 0 Å². The molecule has 100 valence electrons. The Balaban J connectivity index is 2.21. The predicted molar refractivity (Wildman–Crippen MR) is 84.0 cm³/mol. The van der Waals surface area contributed by atoms with Crippen LogP contribution in [-0.2, 0) is 0 Å². The zero-order chi connectivity index (χ0) is 14.1. The van der Waals surface area contributed by atoms with Gasteiger partial charge in [-0.15, -0.1) is 0 Å². The van der Waals surface area contributed by atoms with Crippen LogP contribution in [0.2, 0.25) is 0 Å². The second kappa shape index (κ2) is 4.85. The van der Waals surface area contributed by atoms with E-state index in [4.69, 9.17) is 4.42 Å². The molecule has 0 radical (unpaired) electrons. The van der Waals surface area contributed by atoms with Crippen LogP contribution in [-0.4, -0.2) is 6.34 Å². The number of aliphatic imine (C=N–C) groups is 1. The number of nitrogens with one attached hydrogen (secondary N) is 1. The van der Waals surface area contributed by atoms with Gasteiger partial charge in [0.2, 0.25) is 0 Å². The third kappa shape index (κ3) is 1.79. The first-order valence-electron chi connectivity index (χ1n) is 6.51. The van der Waals surface area contributed by atoms with E-state index in [1.54, 1.807) is 12.4 Å². The minimum atomic E-state index is -0.0714. The lowest BCUT2D eigenvalue weighted by molar-refractivity contribution is 0.519. The number of hydrogen-bond acceptors (Lipinski definition) is 3. The highest BCUT2D eigenvalue weighted by Crippen LogP contribution is 2.39. The Labute approximate surface area is 118 Å². The smallest absolute Gasteiger partial charge is 0.134 e. The highest BCUT2D eigenvalue weighted by Gasteiger charge is 2.26. The zero-order valence-electron chi connectivity index (χ0n) is 11.4. The SMILES string of the molecule is C=Cc1oc(C)c(C2N=CNc3ccccc32)c1C=C. The van der Waals surface area contributed by atoms with Crippen LogP contribution in [0.5, 0.6) is 0 Å². The first-order valence-corrected chi connectivity index (χ1v) is 6.51. The van der Waals surface area contributed by atoms with Crippen molar-refractivity contribution in [3.05, 3.63) is 65.6 Å². The van der Waals surface area contributed by atoms with Crippen LogP contribution in [0.4, 0.5) is 5.69 Å². The van der Waals surface area contributed by atoms with Gasteiger partial charge in [-0.25, -0.2) is 0 Å². The van der Waals surface area contributed by atoms with Gasteiger partial charge < -0.3 is 9.73 Å². The van der Waals surface area contributed by atoms with E-state index in [1.165, 1.54) is 0 Å². The van der Waals surface area contributed by atoms with Crippen LogP contribution in [0.1, 0.15) is 34.3 Å². The third-order valence-corrected chi connectivity index (χ3v) is 3.56. The maximum Gasteiger partial charge on any atom is 0.134 e. The van der Waals surface area contributed by atoms with Crippen LogP contribution >= 0.6 is 0 Å². The number of nitrogens with zero attached hydrogens (tertiary/aromatic N) is 1. The lowest BCUT2D eigenvalue weighted by Gasteiger charge is -2.21. The molecule has 0 amide bonds. The molecule has 0 aliphatic carbocycles. The van der Waals surface area contributed by atoms with Crippen molar-refractivity contribution in [1.82, 2.24) is 0 Å². The Morgan fingerprint density at radius 3 is 2.80 bits per heavy atom. The summed E-state index contributed by atoms with van der Waals surface area (Å²) in [7, 11) is 0. The van der Waals surface area contributed by atoms with E-state index in [-0.39, 0.29) is 6.04 Å². The van der Waals surface area contributed by atoms with Crippen molar-refractivity contribution in [2.24, 2.45) is 4.99 Å². The van der Waals surface area contributed by atoms with E-state index in [0.29, 0.717) is 0 Å². The summed E-state index contributed by atoms with van der Waals surface area (Å²) in [6, 6.07) is 8.08. The lowest BCUT2D eigenvalue weighted by atomic mass is 9.93. The summed E-state index contributed by atoms with van der Waals surface area (Å²) in [5.41, 5.74) is 4.23. The quantitative estimate of drug-likeness (QED) is 0.891. The molecule has 1 aliphatic heterocycles. The summed E-state index contributed by atoms with van der Waals surface area (Å²) in [6.07, 6.45) is 5.26. The molecule has 0 saturated carbocycles. The van der Waals surface area contributed by atoms with Gasteiger partial charge in [-0.1, -0.05) is 37.4 Å². The Kier molecular flexibility index (Phi) is 3.03. The van der Waals surface area contributed by atoms with E-state index in [1.807, 2.05) is 31.2 Å². The monoisotopic (exact) mass is 264 g/mol. The van der Waals surface area contributed by atoms with E-state index in [2.05, 4.69) is 29.5 Å². The number of fused-ring (bicyclic) bond motifs is 1. The van der Waals surface area contributed by atoms with Crippen LogP contribution in [0.15, 0.2) is 46.8 Å². The van der Waals surface area contributed by atoms with Crippen molar-refractivity contribution in [1.29, 1.82) is 0 Å². The molecule has 0 spiro atoms. The van der Waals surface area contributed by atoms with Gasteiger partial charge in [-0.2, -0.15) is 0 Å². The molecular formula is C17H16N2O. The molecule has 20 heavy (non-hydrogen) atoms. The predicted octanol–water partition coefficient (Wildman–Crippen LogP) is 4.42. The topological polar surface area (TPSA) is 37.5 Å². The number of para-hydroxylation sites is 1. The van der Waals surface area contributed by atoms with Gasteiger partial charge in [0.15, 0.2) is 0 Å². The molecule has 1 aromatic heterocycles. The van der Waals surface area contributed by atoms with E-state index >= 15 is 0 Å². The van der Waals surface area contributed by atoms with Gasteiger partial charge in [0.05, 0.1) is 6.34 Å². The van der Waals surface area contributed by atoms with Gasteiger partial charge in [0.25, 0.3) is 0 Å². The van der Waals surface area contributed by atoms with Gasteiger partial charge in [-0.05, 0) is 19.1 Å². The summed E-state index contributed by atoms with van der Waals surface area (Å²) in [5, 5.41) is 3.17. The number of hydrogen-bond donors (Lipinski definition) is 1. The van der Waals surface area contributed by atoms with E-state index in [9.17, 15) is 0 Å². The zero-order valence-corrected chi connectivity index (χ0v) is 11.4. The second-order valence-electron chi connectivity index (χ2n) is 4.67. The molecule has 2 aromatic rings. The molecule has 1 atom stereocenters. The second-order valence-corrected chi connectivity index (χ2v) is 4.67. The van der Waals surface area contributed by atoms with Crippen molar-refractivity contribution in [2.75, 3.05) is 5.32 Å². The summed E-state index contributed by atoms with van der Waals surface area (Å²) in [5.74, 6) is 1.60. The van der Waals surface area contributed by atoms with E-state index in [0.717, 1.165) is 33.9 Å². The molecule has 3 heteroatoms. The number of rotatable bonds is 3. The van der Waals surface area contributed by atoms with Gasteiger partial charge in [-0.3, -0.25) is 4.99 Å². The van der Waals surface area contributed by atoms with Crippen molar-refractivity contribution in [3.63, 3.8) is 0 Å². The van der Waals surface area contributed by atoms with Gasteiger partial charge in [0.1, 0.15) is 17.6 Å². The molecule has 3 nitrogen and oxygen atoms in total. The fourth-order valence-corrected chi connectivity index (χ4v) is 2.66. The molecule has 1 aromatic carbocycles. The first kappa shape index (κ1) is 12.5. The summed E-state index contributed by atoms with van der Waals surface area (Å²) in [6.45, 7) is 9.63. The summed E-state index contributed by atoms with van der Waals surface area (Å²) >= 11 is 0. The molecule has 3 rings (SSSR count). The van der Waals surface area contributed by atoms with E-state index < -0.39 is 0 Å². The van der Waals surface area contributed by atoms with Crippen LogP contribution in [0, 0.1) is 6.92 Å². The van der Waals surface area contributed by atoms with Crippen LogP contribution < -0.4 is 5.32 Å². The molecular weight excluding hydrogens is 248 g/mol. The Bertz CT molecular complexity index is 710. The maximum absolute atomic E-state index is 5.77. The average Bonchev–Trinajstić information content (AvgIpc) is 2.82. The fourth-order valence-electron chi connectivity index (χ4n) is 2.66. The first-order chi connectivity index (χ1) is 9.76. The Hall–Kier alpha value is -2.55. The van der Waals surface area contributed by atoms with Crippen LogP contribution in [0.25, 0.3) is 12.2 Å². The Morgan fingerprint density at radius 1 is 1.25 bits per heavy atom. The molecule has 0 bridgehead atoms. The summed E-state index contributed by atoms with van der Waals surface area (Å²) < 4.78 is 5.77. The Morgan fingerprint density at radius 2 is 2.05 bits per heavy atom. The highest BCUT2D eigenvalue weighted by molar-refractivity contribution is 5.82. The molecule has 1 N–H and O–H groups in total. The normalized spacial score (nSPS) is 16.4. The summed E-state index contributed by atoms with van der Waals surface area (Å²) in [4.78, 5) is 4.58. The van der Waals surface area contributed by atoms with Crippen molar-refractivity contribution in [2.45, 2.75) is 13.0 Å². The van der Waals surface area contributed by atoms with Gasteiger partial charge in [0, 0.05) is 22.4 Å². The van der Waals surface area contributed by atoms with Gasteiger partial charge >= 0.3 is 0 Å². The van der Waals surface area contributed by atoms with Crippen molar-refractivity contribution in [3.8, 4) is 0 Å². The maximum atomic E-state index is 5.77. The minimum absolute atomic E-state index is 0.0714.